The molecule has 2 aromatic carbocycles. The van der Waals surface area contributed by atoms with Crippen molar-refractivity contribution in [2.45, 2.75) is 25.8 Å². The van der Waals surface area contributed by atoms with Crippen LogP contribution in [0.3, 0.4) is 0 Å². The molecule has 1 unspecified atom stereocenters. The van der Waals surface area contributed by atoms with E-state index in [1.165, 1.54) is 0 Å². The summed E-state index contributed by atoms with van der Waals surface area (Å²) in [5, 5.41) is 11.3. The predicted octanol–water partition coefficient (Wildman–Crippen LogP) is 4.39. The minimum atomic E-state index is -0.761. The van der Waals surface area contributed by atoms with Gasteiger partial charge in [0, 0.05) is 36.2 Å². The van der Waals surface area contributed by atoms with Gasteiger partial charge in [0.15, 0.2) is 11.5 Å². The Morgan fingerprint density at radius 3 is 2.49 bits per heavy atom. The number of methoxy groups -OCH3 is 1. The summed E-state index contributed by atoms with van der Waals surface area (Å²) >= 11 is 3.39. The van der Waals surface area contributed by atoms with Gasteiger partial charge in [-0.2, -0.15) is 0 Å². The van der Waals surface area contributed by atoms with Crippen molar-refractivity contribution in [3.05, 3.63) is 63.6 Å². The first-order valence-electron chi connectivity index (χ1n) is 12.6. The number of amides is 1. The molecule has 0 aliphatic carbocycles. The number of nitrogens with zero attached hydrogens (tertiary/aromatic N) is 2. The zero-order valence-corrected chi connectivity index (χ0v) is 22.8. The molecule has 1 N–H and O–H groups in total. The van der Waals surface area contributed by atoms with E-state index in [1.54, 1.807) is 48.4 Å². The van der Waals surface area contributed by atoms with Gasteiger partial charge in [0.2, 0.25) is 0 Å². The number of hydrogen-bond acceptors (Lipinski definition) is 7. The first-order valence-corrected chi connectivity index (χ1v) is 13.4. The molecule has 1 amide bonds. The van der Waals surface area contributed by atoms with Crippen LogP contribution in [-0.2, 0) is 14.3 Å². The Labute approximate surface area is 225 Å². The molecular formula is C28H33BrN2O6. The van der Waals surface area contributed by atoms with E-state index in [0.717, 1.165) is 30.4 Å². The maximum Gasteiger partial charge on any atom is 0.295 e. The fourth-order valence-corrected chi connectivity index (χ4v) is 4.86. The largest absolute Gasteiger partial charge is 0.507 e. The molecule has 2 aliphatic heterocycles. The lowest BCUT2D eigenvalue weighted by Crippen LogP contribution is -2.42. The minimum absolute atomic E-state index is 0.0657. The van der Waals surface area contributed by atoms with Crippen LogP contribution < -0.4 is 9.47 Å². The van der Waals surface area contributed by atoms with E-state index < -0.39 is 17.7 Å². The van der Waals surface area contributed by atoms with Crippen LogP contribution in [0.25, 0.3) is 5.76 Å². The normalized spacial score (nSPS) is 19.9. The maximum atomic E-state index is 13.3. The smallest absolute Gasteiger partial charge is 0.295 e. The van der Waals surface area contributed by atoms with Crippen molar-refractivity contribution in [1.82, 2.24) is 9.80 Å². The van der Waals surface area contributed by atoms with Crippen LogP contribution in [0.1, 0.15) is 36.9 Å². The maximum absolute atomic E-state index is 13.3. The molecule has 2 fully saturated rings. The molecule has 198 valence electrons. The molecule has 2 aromatic rings. The van der Waals surface area contributed by atoms with E-state index in [0.29, 0.717) is 55.5 Å². The lowest BCUT2D eigenvalue weighted by Gasteiger charge is -2.31. The number of carbonyl (C=O) groups excluding carboxylic acids is 2. The summed E-state index contributed by atoms with van der Waals surface area (Å²) in [5.74, 6) is -0.422. The number of benzene rings is 2. The highest BCUT2D eigenvalue weighted by Gasteiger charge is 2.46. The van der Waals surface area contributed by atoms with Gasteiger partial charge in [-0.15, -0.1) is 0 Å². The third-order valence-electron chi connectivity index (χ3n) is 6.68. The fraction of sp³-hybridized carbons (Fsp3) is 0.429. The average molecular weight is 573 g/mol. The van der Waals surface area contributed by atoms with Crippen molar-refractivity contribution in [1.29, 1.82) is 0 Å². The number of halogens is 1. The molecule has 2 heterocycles. The predicted molar refractivity (Wildman–Crippen MR) is 144 cm³/mol. The van der Waals surface area contributed by atoms with Crippen LogP contribution in [0.5, 0.6) is 11.5 Å². The van der Waals surface area contributed by atoms with Crippen LogP contribution in [0.2, 0.25) is 0 Å². The Bertz CT molecular complexity index is 1140. The van der Waals surface area contributed by atoms with Gasteiger partial charge in [0.05, 0.1) is 38.5 Å². The first-order chi connectivity index (χ1) is 17.9. The Kier molecular flexibility index (Phi) is 9.23. The quantitative estimate of drug-likeness (QED) is 0.195. The zero-order chi connectivity index (χ0) is 26.4. The van der Waals surface area contributed by atoms with E-state index in [4.69, 9.17) is 14.2 Å². The molecule has 2 saturated heterocycles. The average Bonchev–Trinajstić information content (AvgIpc) is 3.17. The van der Waals surface area contributed by atoms with Crippen LogP contribution in [0.4, 0.5) is 0 Å². The number of rotatable bonds is 10. The van der Waals surface area contributed by atoms with Crippen molar-refractivity contribution in [3.8, 4) is 11.5 Å². The van der Waals surface area contributed by atoms with Gasteiger partial charge >= 0.3 is 0 Å². The second-order valence-corrected chi connectivity index (χ2v) is 9.98. The van der Waals surface area contributed by atoms with Gasteiger partial charge in [-0.25, -0.2) is 0 Å². The van der Waals surface area contributed by atoms with Crippen molar-refractivity contribution in [2.24, 2.45) is 0 Å². The zero-order valence-electron chi connectivity index (χ0n) is 21.2. The van der Waals surface area contributed by atoms with Gasteiger partial charge < -0.3 is 24.2 Å². The Balaban J connectivity index is 1.73. The minimum Gasteiger partial charge on any atom is -0.507 e. The molecule has 8 nitrogen and oxygen atoms in total. The van der Waals surface area contributed by atoms with Crippen LogP contribution >= 0.6 is 15.9 Å². The van der Waals surface area contributed by atoms with Gasteiger partial charge in [-0.3, -0.25) is 14.5 Å². The second-order valence-electron chi connectivity index (χ2n) is 9.07. The Morgan fingerprint density at radius 1 is 1.08 bits per heavy atom. The van der Waals surface area contributed by atoms with Gasteiger partial charge in [0.1, 0.15) is 5.76 Å². The third kappa shape index (κ3) is 6.17. The molecule has 0 saturated carbocycles. The summed E-state index contributed by atoms with van der Waals surface area (Å²) in [4.78, 5) is 30.4. The van der Waals surface area contributed by atoms with Crippen molar-refractivity contribution >= 4 is 33.4 Å². The van der Waals surface area contributed by atoms with Gasteiger partial charge in [0.25, 0.3) is 11.7 Å². The van der Waals surface area contributed by atoms with Gasteiger partial charge in [-0.1, -0.05) is 47.5 Å². The van der Waals surface area contributed by atoms with E-state index >= 15 is 0 Å². The number of hydrogen-bond donors (Lipinski definition) is 1. The molecule has 0 spiro atoms. The number of carbonyl (C=O) groups is 2. The second kappa shape index (κ2) is 12.6. The van der Waals surface area contributed by atoms with Crippen LogP contribution in [0, 0.1) is 0 Å². The number of aliphatic hydroxyl groups excluding tert-OH is 1. The molecule has 1 atom stereocenters. The Hall–Kier alpha value is -2.88. The highest BCUT2D eigenvalue weighted by Crippen LogP contribution is 2.42. The fourth-order valence-electron chi connectivity index (χ4n) is 4.59. The summed E-state index contributed by atoms with van der Waals surface area (Å²) in [6.45, 7) is 6.41. The van der Waals surface area contributed by atoms with E-state index in [-0.39, 0.29) is 11.3 Å². The highest BCUT2D eigenvalue weighted by atomic mass is 79.9. The van der Waals surface area contributed by atoms with E-state index in [2.05, 4.69) is 27.8 Å². The number of ether oxygens (including phenoxy) is 3. The van der Waals surface area contributed by atoms with Gasteiger partial charge in [-0.05, 0) is 36.2 Å². The number of likely N-dealkylation sites (tertiary alicyclic amines) is 1. The number of morpholine rings is 1. The van der Waals surface area contributed by atoms with Crippen molar-refractivity contribution in [3.63, 3.8) is 0 Å². The highest BCUT2D eigenvalue weighted by molar-refractivity contribution is 9.10. The molecule has 2 aliphatic rings. The molecular weight excluding hydrogens is 540 g/mol. The molecule has 0 bridgehead atoms. The molecule has 37 heavy (non-hydrogen) atoms. The van der Waals surface area contributed by atoms with Crippen LogP contribution in [0.15, 0.2) is 52.5 Å². The van der Waals surface area contributed by atoms with Crippen LogP contribution in [-0.4, -0.2) is 79.7 Å². The summed E-state index contributed by atoms with van der Waals surface area (Å²) in [5.41, 5.74) is 1.20. The number of ketones is 1. The summed E-state index contributed by atoms with van der Waals surface area (Å²) in [6, 6.07) is 11.6. The standard InChI is InChI=1S/C28H33BrN2O6/c1-3-4-15-37-22-10-7-20(18-23(22)35-2)25-24(26(32)19-5-8-21(29)9-6-19)27(33)28(34)31(25)12-11-30-13-16-36-17-14-30/h5-10,18,25,32H,3-4,11-17H2,1-2H3/b26-24+. The first kappa shape index (κ1) is 27.2. The summed E-state index contributed by atoms with van der Waals surface area (Å²) in [6.07, 6.45) is 1.92. The van der Waals surface area contributed by atoms with E-state index in [9.17, 15) is 14.7 Å². The summed E-state index contributed by atoms with van der Waals surface area (Å²) < 4.78 is 17.7. The van der Waals surface area contributed by atoms with Crippen molar-refractivity contribution < 1.29 is 28.9 Å². The summed E-state index contributed by atoms with van der Waals surface area (Å²) in [7, 11) is 1.56. The van der Waals surface area contributed by atoms with Crippen molar-refractivity contribution in [2.75, 3.05) is 53.1 Å². The number of aliphatic hydroxyl groups is 1. The SMILES string of the molecule is CCCCOc1ccc(C2/C(=C(\O)c3ccc(Br)cc3)C(=O)C(=O)N2CCN2CCOCC2)cc1OC. The third-order valence-corrected chi connectivity index (χ3v) is 7.21. The number of Topliss-reactive ketones (excluding diaryl/α,β-unsaturated/α-hetero) is 1. The Morgan fingerprint density at radius 2 is 1.81 bits per heavy atom. The topological polar surface area (TPSA) is 88.5 Å². The molecule has 0 aromatic heterocycles. The molecule has 4 rings (SSSR count). The molecule has 9 heteroatoms. The monoisotopic (exact) mass is 572 g/mol. The lowest BCUT2D eigenvalue weighted by atomic mass is 9.95. The van der Waals surface area contributed by atoms with E-state index in [1.807, 2.05) is 6.07 Å². The number of unbranched alkanes of at least 4 members (excludes halogenated alkanes) is 1. The molecule has 0 radical (unpaired) electrons. The lowest BCUT2D eigenvalue weighted by molar-refractivity contribution is -0.140.